The van der Waals surface area contributed by atoms with E-state index in [2.05, 4.69) is 0 Å². The van der Waals surface area contributed by atoms with Crippen molar-refractivity contribution in [2.75, 3.05) is 13.1 Å². The van der Waals surface area contributed by atoms with Crippen molar-refractivity contribution in [3.05, 3.63) is 34.4 Å². The lowest BCUT2D eigenvalue weighted by atomic mass is 9.75. The number of benzene rings is 1. The monoisotopic (exact) mass is 380 g/mol. The average molecular weight is 380 g/mol. The highest BCUT2D eigenvalue weighted by Crippen LogP contribution is 2.36. The summed E-state index contributed by atoms with van der Waals surface area (Å²) >= 11 is 0. The molecule has 142 valence electrons. The Balaban J connectivity index is 1.73. The Hall–Kier alpha value is -1.96. The number of nitro benzene ring substituents is 1. The number of piperidine rings is 1. The number of likely N-dealkylation sites (tertiary alicyclic amines) is 1. The highest BCUT2D eigenvalue weighted by molar-refractivity contribution is 7.92. The fourth-order valence-electron chi connectivity index (χ4n) is 4.15. The molecule has 0 spiro atoms. The molecule has 1 aromatic carbocycles. The van der Waals surface area contributed by atoms with Crippen molar-refractivity contribution in [3.8, 4) is 0 Å². The standard InChI is InChI=1S/C18H24N2O5S/c1-13(26(24,25)17-8-6-16(7-9-17)20(22)23)18(21)19-11-10-14-4-2-3-5-15(14)12-19/h6-9,13-15H,2-5,10-12H2,1H3/t13-,14+,15+/m0/s1. The Bertz CT molecular complexity index is 790. The van der Waals surface area contributed by atoms with Gasteiger partial charge in [0.05, 0.1) is 9.82 Å². The van der Waals surface area contributed by atoms with Gasteiger partial charge in [-0.15, -0.1) is 0 Å². The number of carbonyl (C=O) groups is 1. The van der Waals surface area contributed by atoms with Crippen LogP contribution in [0.4, 0.5) is 5.69 Å². The van der Waals surface area contributed by atoms with Crippen molar-refractivity contribution in [1.29, 1.82) is 0 Å². The molecule has 26 heavy (non-hydrogen) atoms. The number of non-ortho nitro benzene ring substituents is 1. The molecule has 3 atom stereocenters. The molecule has 1 aromatic rings. The summed E-state index contributed by atoms with van der Waals surface area (Å²) in [5.74, 6) is 0.775. The van der Waals surface area contributed by atoms with E-state index in [1.54, 1.807) is 4.90 Å². The number of nitrogens with zero attached hydrogens (tertiary/aromatic N) is 2. The fraction of sp³-hybridized carbons (Fsp3) is 0.611. The van der Waals surface area contributed by atoms with Crippen molar-refractivity contribution in [1.82, 2.24) is 4.90 Å². The molecule has 7 nitrogen and oxygen atoms in total. The molecule has 3 rings (SSSR count). The van der Waals surface area contributed by atoms with Crippen molar-refractivity contribution < 1.29 is 18.1 Å². The summed E-state index contributed by atoms with van der Waals surface area (Å²) in [5.41, 5.74) is -0.178. The minimum atomic E-state index is -3.87. The highest BCUT2D eigenvalue weighted by atomic mass is 32.2. The number of carbonyl (C=O) groups excluding carboxylic acids is 1. The Morgan fingerprint density at radius 1 is 1.15 bits per heavy atom. The first-order chi connectivity index (χ1) is 12.3. The minimum Gasteiger partial charge on any atom is -0.341 e. The van der Waals surface area contributed by atoms with Gasteiger partial charge in [-0.1, -0.05) is 19.3 Å². The van der Waals surface area contributed by atoms with E-state index in [-0.39, 0.29) is 16.5 Å². The Labute approximate surface area is 153 Å². The molecule has 0 unspecified atom stereocenters. The van der Waals surface area contributed by atoms with Gasteiger partial charge in [0.25, 0.3) is 5.69 Å². The maximum absolute atomic E-state index is 12.8. The van der Waals surface area contributed by atoms with Crippen LogP contribution in [0.1, 0.15) is 39.0 Å². The summed E-state index contributed by atoms with van der Waals surface area (Å²) in [5, 5.41) is 9.53. The van der Waals surface area contributed by atoms with E-state index in [0.29, 0.717) is 24.9 Å². The van der Waals surface area contributed by atoms with E-state index in [1.807, 2.05) is 0 Å². The summed E-state index contributed by atoms with van der Waals surface area (Å²) in [6.07, 6.45) is 5.70. The third-order valence-corrected chi connectivity index (χ3v) is 7.85. The third kappa shape index (κ3) is 3.60. The summed E-state index contributed by atoms with van der Waals surface area (Å²) in [7, 11) is -3.87. The summed E-state index contributed by atoms with van der Waals surface area (Å²) < 4.78 is 25.5. The Morgan fingerprint density at radius 3 is 2.38 bits per heavy atom. The van der Waals surface area contributed by atoms with Crippen molar-refractivity contribution in [2.24, 2.45) is 11.8 Å². The molecule has 0 radical (unpaired) electrons. The van der Waals surface area contributed by atoms with Gasteiger partial charge in [-0.05, 0) is 43.7 Å². The molecule has 1 aliphatic carbocycles. The number of fused-ring (bicyclic) bond motifs is 1. The van der Waals surface area contributed by atoms with E-state index in [1.165, 1.54) is 38.3 Å². The molecule has 0 N–H and O–H groups in total. The zero-order valence-electron chi connectivity index (χ0n) is 14.8. The second kappa shape index (κ2) is 7.34. The Kier molecular flexibility index (Phi) is 5.32. The lowest BCUT2D eigenvalue weighted by molar-refractivity contribution is -0.384. The van der Waals surface area contributed by atoms with Crippen LogP contribution in [0.25, 0.3) is 0 Å². The Morgan fingerprint density at radius 2 is 1.77 bits per heavy atom. The first-order valence-electron chi connectivity index (χ1n) is 9.08. The van der Waals surface area contributed by atoms with Gasteiger partial charge in [0.2, 0.25) is 5.91 Å². The highest BCUT2D eigenvalue weighted by Gasteiger charge is 2.38. The van der Waals surface area contributed by atoms with E-state index < -0.39 is 20.0 Å². The van der Waals surface area contributed by atoms with Crippen LogP contribution in [0.15, 0.2) is 29.2 Å². The van der Waals surface area contributed by atoms with Gasteiger partial charge in [-0.3, -0.25) is 14.9 Å². The van der Waals surface area contributed by atoms with Crippen molar-refractivity contribution in [2.45, 2.75) is 49.2 Å². The second-order valence-electron chi connectivity index (χ2n) is 7.32. The zero-order valence-corrected chi connectivity index (χ0v) is 15.7. The van der Waals surface area contributed by atoms with Crippen molar-refractivity contribution in [3.63, 3.8) is 0 Å². The van der Waals surface area contributed by atoms with Crippen LogP contribution in [0.2, 0.25) is 0 Å². The van der Waals surface area contributed by atoms with Gasteiger partial charge in [0.15, 0.2) is 9.84 Å². The van der Waals surface area contributed by atoms with Gasteiger partial charge in [0, 0.05) is 25.2 Å². The van der Waals surface area contributed by atoms with Crippen LogP contribution in [0.3, 0.4) is 0 Å². The normalized spacial score (nSPS) is 24.6. The molecule has 1 saturated carbocycles. The van der Waals surface area contributed by atoms with Crippen LogP contribution in [-0.4, -0.2) is 42.5 Å². The fourth-order valence-corrected chi connectivity index (χ4v) is 5.49. The topological polar surface area (TPSA) is 97.6 Å². The summed E-state index contributed by atoms with van der Waals surface area (Å²) in [4.78, 5) is 24.6. The predicted molar refractivity (Wildman–Crippen MR) is 96.4 cm³/mol. The second-order valence-corrected chi connectivity index (χ2v) is 9.58. The van der Waals surface area contributed by atoms with Crippen LogP contribution in [0.5, 0.6) is 0 Å². The summed E-state index contributed by atoms with van der Waals surface area (Å²) in [6.45, 7) is 2.66. The molecule has 2 fully saturated rings. The number of hydrogen-bond acceptors (Lipinski definition) is 5. The minimum absolute atomic E-state index is 0.0588. The molecular formula is C18H24N2O5S. The number of amides is 1. The van der Waals surface area contributed by atoms with Crippen molar-refractivity contribution >= 4 is 21.4 Å². The molecule has 1 heterocycles. The van der Waals surface area contributed by atoms with E-state index in [4.69, 9.17) is 0 Å². The first kappa shape index (κ1) is 18.8. The van der Waals surface area contributed by atoms with Crippen LogP contribution in [0, 0.1) is 22.0 Å². The average Bonchev–Trinajstić information content (AvgIpc) is 2.66. The number of rotatable bonds is 4. The zero-order chi connectivity index (χ0) is 18.9. The van der Waals surface area contributed by atoms with Gasteiger partial charge in [-0.2, -0.15) is 0 Å². The lowest BCUT2D eigenvalue weighted by Gasteiger charge is -2.41. The van der Waals surface area contributed by atoms with E-state index >= 15 is 0 Å². The lowest BCUT2D eigenvalue weighted by Crippen LogP contribution is -2.49. The number of sulfone groups is 1. The van der Waals surface area contributed by atoms with Gasteiger partial charge in [0.1, 0.15) is 5.25 Å². The van der Waals surface area contributed by atoms with Gasteiger partial charge < -0.3 is 4.90 Å². The van der Waals surface area contributed by atoms with Gasteiger partial charge >= 0.3 is 0 Å². The third-order valence-electron chi connectivity index (χ3n) is 5.79. The molecule has 8 heteroatoms. The van der Waals surface area contributed by atoms with Crippen LogP contribution < -0.4 is 0 Å². The smallest absolute Gasteiger partial charge is 0.269 e. The maximum Gasteiger partial charge on any atom is 0.269 e. The molecule has 0 bridgehead atoms. The largest absolute Gasteiger partial charge is 0.341 e. The first-order valence-corrected chi connectivity index (χ1v) is 10.6. The predicted octanol–water partition coefficient (Wildman–Crippen LogP) is 2.80. The molecule has 1 aliphatic heterocycles. The molecular weight excluding hydrogens is 356 g/mol. The van der Waals surface area contributed by atoms with E-state index in [0.717, 1.165) is 25.0 Å². The van der Waals surface area contributed by atoms with E-state index in [9.17, 15) is 23.3 Å². The molecule has 0 aromatic heterocycles. The molecule has 1 saturated heterocycles. The molecule has 2 aliphatic rings. The van der Waals surface area contributed by atoms with Crippen LogP contribution in [-0.2, 0) is 14.6 Å². The number of hydrogen-bond donors (Lipinski definition) is 0. The summed E-state index contributed by atoms with van der Waals surface area (Å²) in [6, 6.07) is 4.70. The quantitative estimate of drug-likeness (QED) is 0.591. The number of nitro groups is 1. The maximum atomic E-state index is 12.8. The SMILES string of the molecule is C[C@@H](C(=O)N1CC[C@H]2CCCC[C@@H]2C1)S(=O)(=O)c1ccc([N+](=O)[O-])cc1. The van der Waals surface area contributed by atoms with Crippen LogP contribution >= 0.6 is 0 Å². The van der Waals surface area contributed by atoms with Gasteiger partial charge in [-0.25, -0.2) is 8.42 Å². The molecule has 1 amide bonds.